The van der Waals surface area contributed by atoms with Crippen molar-refractivity contribution in [2.45, 2.75) is 0 Å². The minimum Gasteiger partial charge on any atom is -0.318 e. The van der Waals surface area contributed by atoms with Crippen LogP contribution in [0.15, 0.2) is 53.0 Å². The highest BCUT2D eigenvalue weighted by Crippen LogP contribution is 2.21. The molecule has 6 heteroatoms. The van der Waals surface area contributed by atoms with E-state index in [1.165, 1.54) is 18.2 Å². The minimum absolute atomic E-state index is 0.220. The number of nitrogens with one attached hydrogen (secondary N) is 2. The average Bonchev–Trinajstić information content (AvgIpc) is 2.41. The third-order valence-electron chi connectivity index (χ3n) is 2.41. The van der Waals surface area contributed by atoms with Gasteiger partial charge in [0, 0.05) is 10.2 Å². The van der Waals surface area contributed by atoms with E-state index in [2.05, 4.69) is 26.6 Å². The normalized spacial score (nSPS) is 9.90. The Kier molecular flexibility index (Phi) is 4.47. The summed E-state index contributed by atoms with van der Waals surface area (Å²) in [5.41, 5.74) is 0.698. The van der Waals surface area contributed by atoms with Crippen molar-refractivity contribution in [1.29, 1.82) is 0 Å². The highest BCUT2D eigenvalue weighted by Gasteiger charge is 2.15. The van der Waals surface area contributed by atoms with Gasteiger partial charge in [-0.15, -0.1) is 0 Å². The second-order valence-corrected chi connectivity index (χ2v) is 4.75. The predicted molar refractivity (Wildman–Crippen MR) is 77.8 cm³/mol. The highest BCUT2D eigenvalue weighted by molar-refractivity contribution is 9.10. The summed E-state index contributed by atoms with van der Waals surface area (Å²) in [6.45, 7) is 0. The number of benzene rings is 2. The van der Waals surface area contributed by atoms with Crippen LogP contribution in [0.2, 0.25) is 0 Å². The fraction of sp³-hybridized carbons (Fsp3) is 0. The monoisotopic (exact) mass is 336 g/mol. The van der Waals surface area contributed by atoms with E-state index in [9.17, 15) is 14.0 Å². The van der Waals surface area contributed by atoms with Crippen LogP contribution in [-0.4, -0.2) is 11.8 Å². The van der Waals surface area contributed by atoms with Gasteiger partial charge in [0.15, 0.2) is 0 Å². The van der Waals surface area contributed by atoms with Crippen molar-refractivity contribution in [2.24, 2.45) is 0 Å². The van der Waals surface area contributed by atoms with Crippen LogP contribution in [0.25, 0.3) is 0 Å². The third kappa shape index (κ3) is 3.64. The first-order valence-electron chi connectivity index (χ1n) is 5.68. The molecular formula is C14H10BrFN2O2. The maximum Gasteiger partial charge on any atom is 0.314 e. The van der Waals surface area contributed by atoms with E-state index in [0.29, 0.717) is 10.2 Å². The molecule has 102 valence electrons. The fourth-order valence-corrected chi connectivity index (χ4v) is 1.88. The van der Waals surface area contributed by atoms with Crippen LogP contribution in [0.5, 0.6) is 0 Å². The molecule has 0 atom stereocenters. The fourth-order valence-electron chi connectivity index (χ4n) is 1.50. The predicted octanol–water partition coefficient (Wildman–Crippen LogP) is 3.17. The zero-order valence-corrected chi connectivity index (χ0v) is 11.8. The molecule has 0 aliphatic rings. The molecule has 0 unspecified atom stereocenters. The van der Waals surface area contributed by atoms with Gasteiger partial charge in [0.05, 0.1) is 5.69 Å². The molecular weight excluding hydrogens is 327 g/mol. The Balaban J connectivity index is 2.03. The Morgan fingerprint density at radius 1 is 0.950 bits per heavy atom. The number of hydrogen-bond donors (Lipinski definition) is 2. The SMILES string of the molecule is O=C(Nc1cccc(F)c1)C(=O)Nc1ccccc1Br. The van der Waals surface area contributed by atoms with Crippen LogP contribution in [-0.2, 0) is 9.59 Å². The molecule has 2 rings (SSSR count). The van der Waals surface area contributed by atoms with E-state index in [1.807, 2.05) is 0 Å². The standard InChI is InChI=1S/C14H10BrFN2O2/c15-11-6-1-2-7-12(11)18-14(20)13(19)17-10-5-3-4-9(16)8-10/h1-8H,(H,17,19)(H,18,20). The van der Waals surface area contributed by atoms with Crippen LogP contribution < -0.4 is 10.6 Å². The maximum atomic E-state index is 13.0. The molecule has 2 amide bonds. The van der Waals surface area contributed by atoms with Crippen LogP contribution in [0.4, 0.5) is 15.8 Å². The lowest BCUT2D eigenvalue weighted by Crippen LogP contribution is -2.29. The summed E-state index contributed by atoms with van der Waals surface area (Å²) in [5.74, 6) is -2.19. The average molecular weight is 337 g/mol. The second kappa shape index (κ2) is 6.29. The Hall–Kier alpha value is -2.21. The van der Waals surface area contributed by atoms with Crippen LogP contribution in [0, 0.1) is 5.82 Å². The van der Waals surface area contributed by atoms with Gasteiger partial charge in [0.2, 0.25) is 0 Å². The zero-order valence-electron chi connectivity index (χ0n) is 10.2. The van der Waals surface area contributed by atoms with Gasteiger partial charge < -0.3 is 10.6 Å². The van der Waals surface area contributed by atoms with Crippen molar-refractivity contribution in [2.75, 3.05) is 10.6 Å². The molecule has 0 bridgehead atoms. The second-order valence-electron chi connectivity index (χ2n) is 3.90. The van der Waals surface area contributed by atoms with Crippen molar-refractivity contribution in [3.63, 3.8) is 0 Å². The molecule has 20 heavy (non-hydrogen) atoms. The lowest BCUT2D eigenvalue weighted by molar-refractivity contribution is -0.133. The molecule has 0 saturated carbocycles. The molecule has 0 saturated heterocycles. The third-order valence-corrected chi connectivity index (χ3v) is 3.10. The van der Waals surface area contributed by atoms with Gasteiger partial charge in [0.1, 0.15) is 5.82 Å². The van der Waals surface area contributed by atoms with Gasteiger partial charge in [-0.3, -0.25) is 9.59 Å². The molecule has 0 spiro atoms. The molecule has 0 aliphatic carbocycles. The van der Waals surface area contributed by atoms with E-state index in [0.717, 1.165) is 6.07 Å². The van der Waals surface area contributed by atoms with Crippen LogP contribution >= 0.6 is 15.9 Å². The van der Waals surface area contributed by atoms with Crippen molar-refractivity contribution in [1.82, 2.24) is 0 Å². The Labute approximate surface area is 123 Å². The van der Waals surface area contributed by atoms with Crippen LogP contribution in [0.3, 0.4) is 0 Å². The van der Waals surface area contributed by atoms with Gasteiger partial charge in [-0.2, -0.15) is 0 Å². The summed E-state index contributed by atoms with van der Waals surface area (Å²) in [6.07, 6.45) is 0. The smallest absolute Gasteiger partial charge is 0.314 e. The molecule has 0 aromatic heterocycles. The summed E-state index contributed by atoms with van der Waals surface area (Å²) < 4.78 is 13.6. The first-order chi connectivity index (χ1) is 9.56. The quantitative estimate of drug-likeness (QED) is 0.827. The lowest BCUT2D eigenvalue weighted by Gasteiger charge is -2.07. The molecule has 0 heterocycles. The van der Waals surface area contributed by atoms with Gasteiger partial charge in [-0.25, -0.2) is 4.39 Å². The molecule has 2 N–H and O–H groups in total. The van der Waals surface area contributed by atoms with Crippen molar-refractivity contribution >= 4 is 39.1 Å². The van der Waals surface area contributed by atoms with E-state index < -0.39 is 17.6 Å². The van der Waals surface area contributed by atoms with Gasteiger partial charge in [-0.1, -0.05) is 18.2 Å². The molecule has 0 aliphatic heterocycles. The number of amides is 2. The first kappa shape index (κ1) is 14.2. The first-order valence-corrected chi connectivity index (χ1v) is 6.48. The van der Waals surface area contributed by atoms with Crippen molar-refractivity contribution in [3.05, 3.63) is 58.8 Å². The summed E-state index contributed by atoms with van der Waals surface area (Å²) in [6, 6.07) is 12.2. The van der Waals surface area contributed by atoms with E-state index in [1.54, 1.807) is 24.3 Å². The van der Waals surface area contributed by atoms with E-state index >= 15 is 0 Å². The van der Waals surface area contributed by atoms with Crippen LogP contribution in [0.1, 0.15) is 0 Å². The largest absolute Gasteiger partial charge is 0.318 e. The minimum atomic E-state index is -0.869. The lowest BCUT2D eigenvalue weighted by atomic mass is 10.3. The topological polar surface area (TPSA) is 58.2 Å². The number of carbonyl (C=O) groups excluding carboxylic acids is 2. The highest BCUT2D eigenvalue weighted by atomic mass is 79.9. The summed E-state index contributed by atoms with van der Waals surface area (Å²) in [5, 5.41) is 4.77. The molecule has 0 radical (unpaired) electrons. The summed E-state index contributed by atoms with van der Waals surface area (Å²) in [4.78, 5) is 23.4. The molecule has 2 aromatic rings. The number of hydrogen-bond acceptors (Lipinski definition) is 2. The molecule has 4 nitrogen and oxygen atoms in total. The molecule has 2 aromatic carbocycles. The summed E-state index contributed by atoms with van der Waals surface area (Å²) >= 11 is 3.25. The van der Waals surface area contributed by atoms with Gasteiger partial charge >= 0.3 is 11.8 Å². The summed E-state index contributed by atoms with van der Waals surface area (Å²) in [7, 11) is 0. The number of halogens is 2. The molecule has 0 fully saturated rings. The number of rotatable bonds is 2. The Bertz CT molecular complexity index is 661. The Morgan fingerprint density at radius 2 is 1.65 bits per heavy atom. The number of anilines is 2. The zero-order chi connectivity index (χ0) is 14.5. The maximum absolute atomic E-state index is 13.0. The Morgan fingerprint density at radius 3 is 2.35 bits per heavy atom. The van der Waals surface area contributed by atoms with Crippen molar-refractivity contribution < 1.29 is 14.0 Å². The van der Waals surface area contributed by atoms with E-state index in [4.69, 9.17) is 0 Å². The van der Waals surface area contributed by atoms with Gasteiger partial charge in [0.25, 0.3) is 0 Å². The number of para-hydroxylation sites is 1. The van der Waals surface area contributed by atoms with Crippen molar-refractivity contribution in [3.8, 4) is 0 Å². The van der Waals surface area contributed by atoms with Gasteiger partial charge in [-0.05, 0) is 46.3 Å². The number of carbonyl (C=O) groups is 2. The van der Waals surface area contributed by atoms with E-state index in [-0.39, 0.29) is 5.69 Å².